The zero-order valence-corrected chi connectivity index (χ0v) is 8.64. The van der Waals surface area contributed by atoms with Crippen molar-refractivity contribution in [2.45, 2.75) is 19.4 Å². The van der Waals surface area contributed by atoms with Crippen LogP contribution in [0.15, 0.2) is 28.7 Å². The fourth-order valence-electron chi connectivity index (χ4n) is 1.08. The maximum atomic E-state index is 5.30. The lowest BCUT2D eigenvalue weighted by Gasteiger charge is -2.09. The molecule has 3 N–H and O–H groups in total. The summed E-state index contributed by atoms with van der Waals surface area (Å²) in [5.41, 5.74) is 4.00. The van der Waals surface area contributed by atoms with Crippen molar-refractivity contribution >= 4 is 15.9 Å². The molecule has 0 aliphatic rings. The second-order valence-corrected chi connectivity index (χ2v) is 3.82. The molecule has 0 radical (unpaired) electrons. The Morgan fingerprint density at radius 2 is 2.33 bits per heavy atom. The summed E-state index contributed by atoms with van der Waals surface area (Å²) in [6, 6.07) is 8.57. The highest BCUT2D eigenvalue weighted by Gasteiger charge is 2.00. The van der Waals surface area contributed by atoms with E-state index in [0.717, 1.165) is 10.9 Å². The monoisotopic (exact) mass is 228 g/mol. The Kier molecular flexibility index (Phi) is 3.72. The fourth-order valence-corrected chi connectivity index (χ4v) is 1.52. The van der Waals surface area contributed by atoms with E-state index in [2.05, 4.69) is 40.4 Å². The lowest BCUT2D eigenvalue weighted by Crippen LogP contribution is -2.34. The van der Waals surface area contributed by atoms with Crippen LogP contribution in [0.2, 0.25) is 0 Å². The van der Waals surface area contributed by atoms with Crippen molar-refractivity contribution in [1.82, 2.24) is 5.43 Å². The van der Waals surface area contributed by atoms with E-state index in [0.29, 0.717) is 6.04 Å². The van der Waals surface area contributed by atoms with Crippen LogP contribution >= 0.6 is 15.9 Å². The summed E-state index contributed by atoms with van der Waals surface area (Å²) in [7, 11) is 0. The molecule has 3 heteroatoms. The van der Waals surface area contributed by atoms with Gasteiger partial charge in [-0.15, -0.1) is 0 Å². The fraction of sp³-hybridized carbons (Fsp3) is 0.333. The second kappa shape index (κ2) is 4.60. The highest BCUT2D eigenvalue weighted by Crippen LogP contribution is 2.12. The van der Waals surface area contributed by atoms with Gasteiger partial charge in [0, 0.05) is 10.5 Å². The Morgan fingerprint density at radius 1 is 1.58 bits per heavy atom. The second-order valence-electron chi connectivity index (χ2n) is 2.90. The Labute approximate surface area is 81.3 Å². The lowest BCUT2D eigenvalue weighted by atomic mass is 10.1. The van der Waals surface area contributed by atoms with Crippen molar-refractivity contribution in [2.75, 3.05) is 0 Å². The summed E-state index contributed by atoms with van der Waals surface area (Å²) in [5, 5.41) is 0. The van der Waals surface area contributed by atoms with E-state index >= 15 is 0 Å². The zero-order valence-electron chi connectivity index (χ0n) is 7.05. The summed E-state index contributed by atoms with van der Waals surface area (Å²) in [6.07, 6.45) is 0.954. The smallest absolute Gasteiger partial charge is 0.0222 e. The van der Waals surface area contributed by atoms with Crippen molar-refractivity contribution in [3.63, 3.8) is 0 Å². The van der Waals surface area contributed by atoms with E-state index in [4.69, 9.17) is 5.84 Å². The van der Waals surface area contributed by atoms with Gasteiger partial charge in [0.1, 0.15) is 0 Å². The van der Waals surface area contributed by atoms with Gasteiger partial charge in [0.25, 0.3) is 0 Å². The van der Waals surface area contributed by atoms with E-state index < -0.39 is 0 Å². The van der Waals surface area contributed by atoms with Crippen molar-refractivity contribution in [1.29, 1.82) is 0 Å². The average Bonchev–Trinajstić information content (AvgIpc) is 2.04. The van der Waals surface area contributed by atoms with Crippen molar-refractivity contribution in [3.05, 3.63) is 34.3 Å². The Balaban J connectivity index is 2.63. The molecule has 12 heavy (non-hydrogen) atoms. The third-order valence-electron chi connectivity index (χ3n) is 1.72. The van der Waals surface area contributed by atoms with Gasteiger partial charge in [-0.2, -0.15) is 0 Å². The maximum absolute atomic E-state index is 5.30. The number of benzene rings is 1. The molecule has 1 unspecified atom stereocenters. The summed E-state index contributed by atoms with van der Waals surface area (Å²) >= 11 is 3.42. The number of halogens is 1. The molecule has 0 heterocycles. The molecule has 1 aromatic rings. The van der Waals surface area contributed by atoms with Crippen LogP contribution in [0.5, 0.6) is 0 Å². The molecule has 2 nitrogen and oxygen atoms in total. The third-order valence-corrected chi connectivity index (χ3v) is 2.21. The molecule has 0 fully saturated rings. The molecule has 0 spiro atoms. The molecule has 0 amide bonds. The summed E-state index contributed by atoms with van der Waals surface area (Å²) in [4.78, 5) is 0. The van der Waals surface area contributed by atoms with E-state index in [-0.39, 0.29) is 0 Å². The number of nitrogens with two attached hydrogens (primary N) is 1. The van der Waals surface area contributed by atoms with Gasteiger partial charge in [0.15, 0.2) is 0 Å². The maximum Gasteiger partial charge on any atom is 0.0222 e. The number of hydrogen-bond donors (Lipinski definition) is 2. The van der Waals surface area contributed by atoms with Crippen LogP contribution in [0.3, 0.4) is 0 Å². The summed E-state index contributed by atoms with van der Waals surface area (Å²) in [6.45, 7) is 2.06. The first-order chi connectivity index (χ1) is 5.72. The van der Waals surface area contributed by atoms with Crippen LogP contribution in [-0.4, -0.2) is 6.04 Å². The van der Waals surface area contributed by atoms with Gasteiger partial charge in [0.2, 0.25) is 0 Å². The number of hydrazine groups is 1. The van der Waals surface area contributed by atoms with Crippen molar-refractivity contribution < 1.29 is 0 Å². The molecule has 0 saturated heterocycles. The van der Waals surface area contributed by atoms with E-state index in [9.17, 15) is 0 Å². The van der Waals surface area contributed by atoms with Crippen molar-refractivity contribution in [2.24, 2.45) is 5.84 Å². The van der Waals surface area contributed by atoms with E-state index in [1.807, 2.05) is 12.1 Å². The van der Waals surface area contributed by atoms with Gasteiger partial charge in [-0.1, -0.05) is 28.1 Å². The SMILES string of the molecule is CC(Cc1cccc(Br)c1)NN. The molecule has 66 valence electrons. The van der Waals surface area contributed by atoms with Crippen LogP contribution in [0.1, 0.15) is 12.5 Å². The Hall–Kier alpha value is -0.380. The minimum absolute atomic E-state index is 0.319. The molecule has 0 saturated carbocycles. The first-order valence-corrected chi connectivity index (χ1v) is 4.72. The molecule has 1 atom stereocenters. The van der Waals surface area contributed by atoms with Crippen LogP contribution in [0.4, 0.5) is 0 Å². The third kappa shape index (κ3) is 2.93. The number of rotatable bonds is 3. The van der Waals surface area contributed by atoms with Gasteiger partial charge >= 0.3 is 0 Å². The zero-order chi connectivity index (χ0) is 8.97. The van der Waals surface area contributed by atoms with Gasteiger partial charge in [-0.25, -0.2) is 0 Å². The van der Waals surface area contributed by atoms with Gasteiger partial charge in [-0.05, 0) is 31.0 Å². The predicted molar refractivity (Wildman–Crippen MR) is 54.6 cm³/mol. The molecular formula is C9H13BrN2. The first kappa shape index (κ1) is 9.71. The number of hydrogen-bond acceptors (Lipinski definition) is 2. The molecule has 1 aromatic carbocycles. The summed E-state index contributed by atoms with van der Waals surface area (Å²) in [5.74, 6) is 5.30. The number of nitrogens with one attached hydrogen (secondary N) is 1. The van der Waals surface area contributed by atoms with Gasteiger partial charge in [-0.3, -0.25) is 11.3 Å². The Bertz CT molecular complexity index is 250. The molecule has 1 rings (SSSR count). The minimum Gasteiger partial charge on any atom is -0.271 e. The van der Waals surface area contributed by atoms with Crippen molar-refractivity contribution in [3.8, 4) is 0 Å². The molecular weight excluding hydrogens is 216 g/mol. The molecule has 0 bridgehead atoms. The largest absolute Gasteiger partial charge is 0.271 e. The molecule has 0 aromatic heterocycles. The van der Waals surface area contributed by atoms with E-state index in [1.54, 1.807) is 0 Å². The van der Waals surface area contributed by atoms with Crippen LogP contribution in [-0.2, 0) is 6.42 Å². The van der Waals surface area contributed by atoms with Gasteiger partial charge in [0.05, 0.1) is 0 Å². The average molecular weight is 229 g/mol. The lowest BCUT2D eigenvalue weighted by molar-refractivity contribution is 0.568. The topological polar surface area (TPSA) is 38.0 Å². The minimum atomic E-state index is 0.319. The molecule has 0 aliphatic heterocycles. The standard InChI is InChI=1S/C9H13BrN2/c1-7(12-11)5-8-3-2-4-9(10)6-8/h2-4,6-7,12H,5,11H2,1H3. The Morgan fingerprint density at radius 3 is 2.92 bits per heavy atom. The van der Waals surface area contributed by atoms with Crippen LogP contribution in [0, 0.1) is 0 Å². The predicted octanol–water partition coefficient (Wildman–Crippen LogP) is 1.84. The van der Waals surface area contributed by atoms with Crippen LogP contribution in [0.25, 0.3) is 0 Å². The first-order valence-electron chi connectivity index (χ1n) is 3.93. The summed E-state index contributed by atoms with van der Waals surface area (Å²) < 4.78 is 1.12. The van der Waals surface area contributed by atoms with Gasteiger partial charge < -0.3 is 0 Å². The normalized spacial score (nSPS) is 12.9. The molecule has 0 aliphatic carbocycles. The quantitative estimate of drug-likeness (QED) is 0.613. The highest BCUT2D eigenvalue weighted by molar-refractivity contribution is 9.10. The highest BCUT2D eigenvalue weighted by atomic mass is 79.9. The van der Waals surface area contributed by atoms with Crippen LogP contribution < -0.4 is 11.3 Å². The van der Waals surface area contributed by atoms with E-state index in [1.165, 1.54) is 5.56 Å².